The van der Waals surface area contributed by atoms with E-state index >= 15 is 0 Å². The number of aryl methyl sites for hydroxylation is 1. The molecule has 25 heavy (non-hydrogen) atoms. The second kappa shape index (κ2) is 6.39. The van der Waals surface area contributed by atoms with Crippen LogP contribution in [0.4, 0.5) is 10.5 Å². The SMILES string of the molecule is Cn1cccc1[C@H]1CCCN1C(=O)Nc1ccc(-n2cncn2)nc1. The van der Waals surface area contributed by atoms with E-state index in [1.165, 1.54) is 6.33 Å². The molecule has 1 atom stereocenters. The molecular formula is C17H19N7O. The predicted octanol–water partition coefficient (Wildman–Crippen LogP) is 2.37. The summed E-state index contributed by atoms with van der Waals surface area (Å²) in [5.74, 6) is 0.651. The van der Waals surface area contributed by atoms with Gasteiger partial charge in [0.15, 0.2) is 5.82 Å². The second-order valence-corrected chi connectivity index (χ2v) is 6.07. The topological polar surface area (TPSA) is 80.9 Å². The number of rotatable bonds is 3. The van der Waals surface area contributed by atoms with Gasteiger partial charge in [-0.2, -0.15) is 5.10 Å². The summed E-state index contributed by atoms with van der Waals surface area (Å²) < 4.78 is 3.64. The molecule has 1 saturated heterocycles. The zero-order valence-corrected chi connectivity index (χ0v) is 13.9. The second-order valence-electron chi connectivity index (χ2n) is 6.07. The van der Waals surface area contributed by atoms with Crippen LogP contribution >= 0.6 is 0 Å². The Morgan fingerprint density at radius 2 is 2.24 bits per heavy atom. The van der Waals surface area contributed by atoms with Crippen molar-refractivity contribution in [1.82, 2.24) is 29.2 Å². The molecule has 0 saturated carbocycles. The number of aromatic nitrogens is 5. The molecule has 1 aliphatic rings. The first kappa shape index (κ1) is 15.4. The Bertz CT molecular complexity index is 854. The van der Waals surface area contributed by atoms with Crippen LogP contribution in [0.3, 0.4) is 0 Å². The van der Waals surface area contributed by atoms with E-state index in [2.05, 4.69) is 31.0 Å². The van der Waals surface area contributed by atoms with Crippen LogP contribution in [-0.2, 0) is 7.05 Å². The molecule has 0 radical (unpaired) electrons. The zero-order chi connectivity index (χ0) is 17.2. The van der Waals surface area contributed by atoms with Crippen molar-refractivity contribution in [3.8, 4) is 5.82 Å². The molecule has 4 heterocycles. The number of anilines is 1. The van der Waals surface area contributed by atoms with Crippen LogP contribution in [0.5, 0.6) is 0 Å². The van der Waals surface area contributed by atoms with E-state index < -0.39 is 0 Å². The van der Waals surface area contributed by atoms with Crippen LogP contribution in [0, 0.1) is 0 Å². The quantitative estimate of drug-likeness (QED) is 0.795. The number of nitrogens with one attached hydrogen (secondary N) is 1. The van der Waals surface area contributed by atoms with Gasteiger partial charge in [0.1, 0.15) is 12.7 Å². The number of hydrogen-bond donors (Lipinski definition) is 1. The standard InChI is InChI=1S/C17H19N7O/c1-22-8-2-4-14(22)15-5-3-9-23(15)17(25)21-13-6-7-16(19-10-13)24-12-18-11-20-24/h2,4,6-8,10-12,15H,3,5,9H2,1H3,(H,21,25)/t15-/m1/s1. The summed E-state index contributed by atoms with van der Waals surface area (Å²) in [7, 11) is 2.01. The highest BCUT2D eigenvalue weighted by Gasteiger charge is 2.31. The van der Waals surface area contributed by atoms with Crippen LogP contribution < -0.4 is 5.32 Å². The summed E-state index contributed by atoms with van der Waals surface area (Å²) in [5, 5.41) is 6.97. The van der Waals surface area contributed by atoms with Crippen molar-refractivity contribution >= 4 is 11.7 Å². The van der Waals surface area contributed by atoms with Crippen molar-refractivity contribution < 1.29 is 4.79 Å². The Morgan fingerprint density at radius 3 is 2.92 bits per heavy atom. The van der Waals surface area contributed by atoms with Gasteiger partial charge in [0.2, 0.25) is 0 Å². The average molecular weight is 337 g/mol. The van der Waals surface area contributed by atoms with Crippen molar-refractivity contribution in [2.75, 3.05) is 11.9 Å². The van der Waals surface area contributed by atoms with E-state index in [1.54, 1.807) is 23.3 Å². The number of hydrogen-bond acceptors (Lipinski definition) is 4. The van der Waals surface area contributed by atoms with Crippen molar-refractivity contribution in [2.24, 2.45) is 7.05 Å². The number of pyridine rings is 1. The Labute approximate surface area is 145 Å². The van der Waals surface area contributed by atoms with E-state index in [0.29, 0.717) is 11.5 Å². The molecule has 1 fully saturated rings. The van der Waals surface area contributed by atoms with Crippen LogP contribution in [0.2, 0.25) is 0 Å². The minimum absolute atomic E-state index is 0.0981. The molecule has 0 spiro atoms. The first-order chi connectivity index (χ1) is 12.2. The Kier molecular flexibility index (Phi) is 3.93. The van der Waals surface area contributed by atoms with Crippen molar-refractivity contribution in [3.63, 3.8) is 0 Å². The lowest BCUT2D eigenvalue weighted by molar-refractivity contribution is 0.205. The van der Waals surface area contributed by atoms with Gasteiger partial charge in [-0.05, 0) is 37.1 Å². The van der Waals surface area contributed by atoms with Gasteiger partial charge < -0.3 is 14.8 Å². The third-order valence-electron chi connectivity index (χ3n) is 4.49. The maximum Gasteiger partial charge on any atom is 0.322 e. The highest BCUT2D eigenvalue weighted by molar-refractivity contribution is 5.89. The van der Waals surface area contributed by atoms with E-state index in [9.17, 15) is 4.79 Å². The summed E-state index contributed by atoms with van der Waals surface area (Å²) in [5.41, 5.74) is 1.82. The lowest BCUT2D eigenvalue weighted by Crippen LogP contribution is -2.35. The third-order valence-corrected chi connectivity index (χ3v) is 4.49. The molecule has 2 amide bonds. The molecule has 0 unspecified atom stereocenters. The molecule has 128 valence electrons. The van der Waals surface area contributed by atoms with E-state index in [-0.39, 0.29) is 12.1 Å². The first-order valence-electron chi connectivity index (χ1n) is 8.22. The van der Waals surface area contributed by atoms with E-state index in [1.807, 2.05) is 30.3 Å². The molecule has 0 aliphatic carbocycles. The molecule has 1 N–H and O–H groups in total. The highest BCUT2D eigenvalue weighted by Crippen LogP contribution is 2.32. The lowest BCUT2D eigenvalue weighted by Gasteiger charge is -2.25. The normalized spacial score (nSPS) is 17.0. The molecule has 1 aliphatic heterocycles. The molecule has 0 aromatic carbocycles. The summed E-state index contributed by atoms with van der Waals surface area (Å²) >= 11 is 0. The molecule has 8 heteroatoms. The molecule has 3 aromatic heterocycles. The number of nitrogens with zero attached hydrogens (tertiary/aromatic N) is 6. The molecule has 3 aromatic rings. The van der Waals surface area contributed by atoms with Crippen LogP contribution in [0.25, 0.3) is 5.82 Å². The number of carbonyl (C=O) groups is 1. The minimum atomic E-state index is -0.0981. The van der Waals surface area contributed by atoms with Gasteiger partial charge in [0.25, 0.3) is 0 Å². The largest absolute Gasteiger partial charge is 0.353 e. The summed E-state index contributed by atoms with van der Waals surface area (Å²) in [6.07, 6.45) is 8.66. The maximum atomic E-state index is 12.7. The summed E-state index contributed by atoms with van der Waals surface area (Å²) in [6.45, 7) is 0.756. The fourth-order valence-corrected chi connectivity index (χ4v) is 3.26. The Balaban J connectivity index is 1.47. The van der Waals surface area contributed by atoms with E-state index in [4.69, 9.17) is 0 Å². The van der Waals surface area contributed by atoms with Crippen LogP contribution in [-0.4, -0.2) is 41.8 Å². The zero-order valence-electron chi connectivity index (χ0n) is 13.9. The fraction of sp³-hybridized carbons (Fsp3) is 0.294. The van der Waals surface area contributed by atoms with Gasteiger partial charge in [-0.15, -0.1) is 0 Å². The Hall–Kier alpha value is -3.16. The van der Waals surface area contributed by atoms with Gasteiger partial charge in [-0.25, -0.2) is 19.4 Å². The predicted molar refractivity (Wildman–Crippen MR) is 92.3 cm³/mol. The fourth-order valence-electron chi connectivity index (χ4n) is 3.26. The van der Waals surface area contributed by atoms with Crippen molar-refractivity contribution in [1.29, 1.82) is 0 Å². The first-order valence-corrected chi connectivity index (χ1v) is 8.22. The molecule has 0 bridgehead atoms. The minimum Gasteiger partial charge on any atom is -0.353 e. The number of likely N-dealkylation sites (tertiary alicyclic amines) is 1. The molecule has 4 rings (SSSR count). The van der Waals surface area contributed by atoms with Crippen LogP contribution in [0.1, 0.15) is 24.6 Å². The highest BCUT2D eigenvalue weighted by atomic mass is 16.2. The van der Waals surface area contributed by atoms with Crippen LogP contribution in [0.15, 0.2) is 49.3 Å². The van der Waals surface area contributed by atoms with Gasteiger partial charge in [-0.1, -0.05) is 0 Å². The van der Waals surface area contributed by atoms with E-state index in [0.717, 1.165) is 25.1 Å². The number of urea groups is 1. The van der Waals surface area contributed by atoms with Gasteiger partial charge in [0, 0.05) is 25.5 Å². The summed E-state index contributed by atoms with van der Waals surface area (Å²) in [4.78, 5) is 22.8. The lowest BCUT2D eigenvalue weighted by atomic mass is 10.1. The molecule has 8 nitrogen and oxygen atoms in total. The van der Waals surface area contributed by atoms with Crippen molar-refractivity contribution in [2.45, 2.75) is 18.9 Å². The maximum absolute atomic E-state index is 12.7. The number of amides is 2. The third kappa shape index (κ3) is 2.98. The smallest absolute Gasteiger partial charge is 0.322 e. The summed E-state index contributed by atoms with van der Waals surface area (Å²) in [6, 6.07) is 7.71. The Morgan fingerprint density at radius 1 is 1.32 bits per heavy atom. The average Bonchev–Trinajstić information content (AvgIpc) is 3.36. The van der Waals surface area contributed by atoms with Gasteiger partial charge in [-0.3, -0.25) is 0 Å². The monoisotopic (exact) mass is 337 g/mol. The molecular weight excluding hydrogens is 318 g/mol. The van der Waals surface area contributed by atoms with Crippen molar-refractivity contribution in [3.05, 3.63) is 55.0 Å². The van der Waals surface area contributed by atoms with Gasteiger partial charge >= 0.3 is 6.03 Å². The number of carbonyl (C=O) groups excluding carboxylic acids is 1. The van der Waals surface area contributed by atoms with Gasteiger partial charge in [0.05, 0.1) is 17.9 Å².